The number of benzene rings is 1. The van der Waals surface area contributed by atoms with Crippen LogP contribution in [0.15, 0.2) is 18.2 Å². The van der Waals surface area contributed by atoms with Gasteiger partial charge in [-0.3, -0.25) is 0 Å². The molecule has 1 aromatic rings. The average Bonchev–Trinajstić information content (AvgIpc) is 1.88. The minimum absolute atomic E-state index is 0. The van der Waals surface area contributed by atoms with Crippen LogP contribution in [0.4, 0.5) is 5.69 Å². The Morgan fingerprint density at radius 1 is 1.27 bits per heavy atom. The van der Waals surface area contributed by atoms with Crippen molar-refractivity contribution in [1.82, 2.24) is 0 Å². The average molecular weight is 223 g/mol. The third kappa shape index (κ3) is 3.35. The molecule has 0 saturated carbocycles. The molecule has 57 valence electrons. The van der Waals surface area contributed by atoms with Crippen molar-refractivity contribution in [3.05, 3.63) is 29.8 Å². The number of hydrogen-bond acceptors (Lipinski definition) is 1. The zero-order valence-corrected chi connectivity index (χ0v) is 10.1. The van der Waals surface area contributed by atoms with E-state index in [1.165, 1.54) is 11.3 Å². The Labute approximate surface area is 93.7 Å². The van der Waals surface area contributed by atoms with Crippen molar-refractivity contribution in [3.63, 3.8) is 0 Å². The zero-order chi connectivity index (χ0) is 7.56. The van der Waals surface area contributed by atoms with E-state index in [0.29, 0.717) is 0 Å². The van der Waals surface area contributed by atoms with E-state index in [1.807, 2.05) is 26.2 Å². The van der Waals surface area contributed by atoms with Crippen molar-refractivity contribution < 1.29 is 32.7 Å². The molecule has 0 heterocycles. The van der Waals surface area contributed by atoms with Crippen molar-refractivity contribution in [2.45, 2.75) is 6.92 Å². The van der Waals surface area contributed by atoms with E-state index < -0.39 is 0 Å². The van der Waals surface area contributed by atoms with Gasteiger partial charge in [-0.15, -0.1) is 6.07 Å². The molecule has 0 saturated heterocycles. The van der Waals surface area contributed by atoms with Crippen molar-refractivity contribution >= 4 is 5.69 Å². The van der Waals surface area contributed by atoms with Gasteiger partial charge >= 0.3 is 0 Å². The van der Waals surface area contributed by atoms with Crippen LogP contribution in [0.3, 0.4) is 0 Å². The van der Waals surface area contributed by atoms with E-state index in [1.54, 1.807) is 0 Å². The first-order chi connectivity index (χ1) is 4.70. The molecule has 0 bridgehead atoms. The molecule has 0 aliphatic rings. The molecule has 0 aromatic heterocycles. The van der Waals surface area contributed by atoms with E-state index in [9.17, 15) is 0 Å². The van der Waals surface area contributed by atoms with Crippen LogP contribution < -0.4 is 4.90 Å². The molecule has 0 unspecified atom stereocenters. The van der Waals surface area contributed by atoms with Crippen LogP contribution >= 0.6 is 0 Å². The van der Waals surface area contributed by atoms with Crippen molar-refractivity contribution in [3.8, 4) is 0 Å². The zero-order valence-electron chi connectivity index (χ0n) is 7.26. The fourth-order valence-electron chi connectivity index (χ4n) is 0.833. The minimum atomic E-state index is 0. The molecule has 0 fully saturated rings. The van der Waals surface area contributed by atoms with E-state index in [4.69, 9.17) is 0 Å². The van der Waals surface area contributed by atoms with Gasteiger partial charge in [0.15, 0.2) is 0 Å². The fraction of sp³-hybridized carbons (Fsp3) is 0.333. The fourth-order valence-corrected chi connectivity index (χ4v) is 0.833. The molecule has 1 radical (unpaired) electrons. The van der Waals surface area contributed by atoms with E-state index in [0.717, 1.165) is 0 Å². The van der Waals surface area contributed by atoms with Gasteiger partial charge in [0, 0.05) is 32.7 Å². The van der Waals surface area contributed by atoms with Crippen LogP contribution in [0.5, 0.6) is 0 Å². The Bertz CT molecular complexity index is 221. The van der Waals surface area contributed by atoms with E-state index >= 15 is 0 Å². The van der Waals surface area contributed by atoms with Gasteiger partial charge in [0.05, 0.1) is 0 Å². The Hall–Kier alpha value is 0.124. The first-order valence-corrected chi connectivity index (χ1v) is 3.35. The van der Waals surface area contributed by atoms with Crippen LogP contribution in [-0.2, 0) is 32.7 Å². The maximum absolute atomic E-state index is 3.07. The standard InChI is InChI=1S/C9H12N.Y/c1-8-5-4-6-9(7-8)10(2)3;/h5-7H,1-3H3;/q-1;. The second-order valence-electron chi connectivity index (χ2n) is 2.66. The second kappa shape index (κ2) is 4.89. The van der Waals surface area contributed by atoms with Crippen molar-refractivity contribution in [1.29, 1.82) is 0 Å². The summed E-state index contributed by atoms with van der Waals surface area (Å²) in [6, 6.07) is 9.16. The van der Waals surface area contributed by atoms with Crippen LogP contribution in [-0.4, -0.2) is 14.1 Å². The molecular weight excluding hydrogens is 211 g/mol. The first-order valence-electron chi connectivity index (χ1n) is 3.35. The quantitative estimate of drug-likeness (QED) is 0.657. The van der Waals surface area contributed by atoms with Gasteiger partial charge in [-0.2, -0.15) is 23.8 Å². The Morgan fingerprint density at radius 2 is 1.91 bits per heavy atom. The summed E-state index contributed by atoms with van der Waals surface area (Å²) in [6.45, 7) is 2.07. The molecule has 0 aliphatic carbocycles. The SMILES string of the molecule is Cc1c[c-]cc(N(C)C)c1.[Y]. The smallest absolute Gasteiger partial charge is 0 e. The predicted octanol–water partition coefficient (Wildman–Crippen LogP) is 1.86. The molecule has 0 spiro atoms. The van der Waals surface area contributed by atoms with Gasteiger partial charge in [0.1, 0.15) is 0 Å². The largest absolute Gasteiger partial charge is 0.429 e. The number of hydrogen-bond donors (Lipinski definition) is 0. The Kier molecular flexibility index (Phi) is 4.95. The summed E-state index contributed by atoms with van der Waals surface area (Å²) in [5.74, 6) is 0. The molecule has 1 aromatic carbocycles. The van der Waals surface area contributed by atoms with Crippen molar-refractivity contribution in [2.24, 2.45) is 0 Å². The third-order valence-corrected chi connectivity index (χ3v) is 1.43. The van der Waals surface area contributed by atoms with Gasteiger partial charge in [-0.1, -0.05) is 12.6 Å². The number of rotatable bonds is 1. The summed E-state index contributed by atoms with van der Waals surface area (Å²) in [7, 11) is 4.06. The van der Waals surface area contributed by atoms with Crippen LogP contribution in [0.2, 0.25) is 0 Å². The Balaban J connectivity index is 0.000001000. The van der Waals surface area contributed by atoms with Gasteiger partial charge in [-0.05, 0) is 14.1 Å². The first kappa shape index (κ1) is 11.1. The summed E-state index contributed by atoms with van der Waals surface area (Å²) in [5, 5.41) is 0. The maximum atomic E-state index is 3.07. The predicted molar refractivity (Wildman–Crippen MR) is 44.3 cm³/mol. The summed E-state index contributed by atoms with van der Waals surface area (Å²) in [6.07, 6.45) is 0. The minimum Gasteiger partial charge on any atom is -0.429 e. The van der Waals surface area contributed by atoms with Crippen molar-refractivity contribution in [2.75, 3.05) is 19.0 Å². The van der Waals surface area contributed by atoms with E-state index in [2.05, 4.69) is 24.0 Å². The molecule has 0 atom stereocenters. The molecule has 0 amide bonds. The summed E-state index contributed by atoms with van der Waals surface area (Å²) >= 11 is 0. The molecular formula is C9H12NY-. The molecule has 1 nitrogen and oxygen atoms in total. The number of nitrogens with zero attached hydrogens (tertiary/aromatic N) is 1. The maximum Gasteiger partial charge on any atom is 0 e. The van der Waals surface area contributed by atoms with Gasteiger partial charge in [0.2, 0.25) is 0 Å². The number of aryl methyl sites for hydroxylation is 1. The summed E-state index contributed by atoms with van der Waals surface area (Å²) in [5.41, 5.74) is 2.46. The van der Waals surface area contributed by atoms with Gasteiger partial charge < -0.3 is 4.90 Å². The number of anilines is 1. The molecule has 0 aliphatic heterocycles. The Morgan fingerprint density at radius 3 is 2.27 bits per heavy atom. The topological polar surface area (TPSA) is 3.24 Å². The summed E-state index contributed by atoms with van der Waals surface area (Å²) < 4.78 is 0. The summed E-state index contributed by atoms with van der Waals surface area (Å²) in [4.78, 5) is 2.07. The molecule has 11 heavy (non-hydrogen) atoms. The van der Waals surface area contributed by atoms with E-state index in [-0.39, 0.29) is 32.7 Å². The van der Waals surface area contributed by atoms with Crippen LogP contribution in [0.25, 0.3) is 0 Å². The second-order valence-corrected chi connectivity index (χ2v) is 2.66. The van der Waals surface area contributed by atoms with Gasteiger partial charge in [0.25, 0.3) is 0 Å². The molecule has 2 heteroatoms. The van der Waals surface area contributed by atoms with Crippen LogP contribution in [0, 0.1) is 13.0 Å². The normalized spacial score (nSPS) is 8.64. The van der Waals surface area contributed by atoms with Crippen LogP contribution in [0.1, 0.15) is 5.56 Å². The molecule has 1 rings (SSSR count). The third-order valence-electron chi connectivity index (χ3n) is 1.43. The monoisotopic (exact) mass is 223 g/mol. The molecule has 0 N–H and O–H groups in total. The van der Waals surface area contributed by atoms with Gasteiger partial charge in [-0.25, -0.2) is 0 Å².